The Bertz CT molecular complexity index is 93.5. The van der Waals surface area contributed by atoms with Gasteiger partial charge in [0.2, 0.25) is 0 Å². The van der Waals surface area contributed by atoms with Crippen molar-refractivity contribution in [3.8, 4) is 0 Å². The summed E-state index contributed by atoms with van der Waals surface area (Å²) in [6.45, 7) is 4.11. The van der Waals surface area contributed by atoms with E-state index in [1.165, 1.54) is 0 Å². The van der Waals surface area contributed by atoms with Gasteiger partial charge >= 0.3 is 0 Å². The minimum Gasteiger partial charge on any atom is -0.0628 e. The van der Waals surface area contributed by atoms with Crippen molar-refractivity contribution in [3.05, 3.63) is 0 Å². The monoisotopic (exact) mass is 103 g/mol. The van der Waals surface area contributed by atoms with Gasteiger partial charge in [0, 0.05) is 4.11 Å². The van der Waals surface area contributed by atoms with Crippen LogP contribution in [0, 0.1) is 11.8 Å². The summed E-state index contributed by atoms with van der Waals surface area (Å²) in [5.74, 6) is 0.322. The zero-order valence-corrected chi connectivity index (χ0v) is 5.36. The van der Waals surface area contributed by atoms with E-state index in [9.17, 15) is 0 Å². The van der Waals surface area contributed by atoms with Crippen LogP contribution >= 0.6 is 0 Å². The number of hydrogen-bond acceptors (Lipinski definition) is 0. The highest BCUT2D eigenvalue weighted by Crippen LogP contribution is 2.08. The Morgan fingerprint density at radius 3 is 2.00 bits per heavy atom. The Hall–Kier alpha value is 0. The van der Waals surface area contributed by atoms with E-state index < -0.39 is 6.85 Å². The van der Waals surface area contributed by atoms with E-state index in [-0.39, 0.29) is 5.92 Å². The molecular formula is C7H16. The van der Waals surface area contributed by atoms with Gasteiger partial charge in [-0.25, -0.2) is 0 Å². The molecule has 0 aliphatic heterocycles. The molecule has 0 N–H and O–H groups in total. The first-order chi connectivity index (χ1) is 4.34. The van der Waals surface area contributed by atoms with Crippen molar-refractivity contribution in [2.75, 3.05) is 0 Å². The van der Waals surface area contributed by atoms with Crippen LogP contribution < -0.4 is 0 Å². The van der Waals surface area contributed by atoms with E-state index in [4.69, 9.17) is 4.11 Å². The number of rotatable bonds is 2. The first kappa shape index (κ1) is 3.11. The molecule has 0 aromatic carbocycles. The van der Waals surface area contributed by atoms with Crippen molar-refractivity contribution in [1.29, 1.82) is 0 Å². The molecule has 1 unspecified atom stereocenters. The highest BCUT2D eigenvalue weighted by Gasteiger charge is 1.95. The Morgan fingerprint density at radius 1 is 1.29 bits per heavy atom. The lowest BCUT2D eigenvalue weighted by atomic mass is 10.0. The second-order valence-corrected chi connectivity index (χ2v) is 2.53. The molecule has 7 heavy (non-hydrogen) atoms. The Balaban J connectivity index is 3.73. The molecule has 0 bridgehead atoms. The highest BCUT2D eigenvalue weighted by molar-refractivity contribution is 4.47. The lowest BCUT2D eigenvalue weighted by molar-refractivity contribution is 0.469. The van der Waals surface area contributed by atoms with Gasteiger partial charge in [0.15, 0.2) is 0 Å². The average Bonchev–Trinajstić information content (AvgIpc) is 1.60. The predicted molar refractivity (Wildman–Crippen MR) is 34.3 cm³/mol. The maximum atomic E-state index is 7.06. The molecule has 0 aromatic heterocycles. The van der Waals surface area contributed by atoms with Gasteiger partial charge in [-0.3, -0.25) is 0 Å². The van der Waals surface area contributed by atoms with Gasteiger partial charge in [-0.05, 0) is 18.3 Å². The van der Waals surface area contributed by atoms with Crippen molar-refractivity contribution in [3.63, 3.8) is 0 Å². The van der Waals surface area contributed by atoms with Crippen molar-refractivity contribution in [2.24, 2.45) is 11.8 Å². The topological polar surface area (TPSA) is 0 Å². The standard InChI is InChI=1S/C7H16/c1-6(2)5-7(3)4/h6-7H,5H2,1-4H3/i1D3. The normalized spacial score (nSPS) is 23.1. The number of hydrogen-bond donors (Lipinski definition) is 0. The molecule has 0 radical (unpaired) electrons. The van der Waals surface area contributed by atoms with Gasteiger partial charge in [-0.2, -0.15) is 0 Å². The van der Waals surface area contributed by atoms with Crippen molar-refractivity contribution in [1.82, 2.24) is 0 Å². The molecule has 44 valence electrons. The fourth-order valence-electron chi connectivity index (χ4n) is 0.707. The highest BCUT2D eigenvalue weighted by atomic mass is 14.0. The SMILES string of the molecule is [2H]C([2H])([2H])C(C)CC(C)C. The average molecular weight is 103 g/mol. The molecule has 0 heterocycles. The molecule has 0 saturated carbocycles. The second-order valence-electron chi connectivity index (χ2n) is 2.53. The van der Waals surface area contributed by atoms with Crippen LogP contribution in [0.3, 0.4) is 0 Å². The van der Waals surface area contributed by atoms with Crippen LogP contribution in [-0.2, 0) is 0 Å². The van der Waals surface area contributed by atoms with E-state index in [2.05, 4.69) is 0 Å². The zero-order chi connectivity index (χ0) is 8.36. The van der Waals surface area contributed by atoms with E-state index in [1.807, 2.05) is 13.8 Å². The van der Waals surface area contributed by atoms with Crippen LogP contribution in [0.25, 0.3) is 0 Å². The van der Waals surface area contributed by atoms with Gasteiger partial charge in [-0.15, -0.1) is 0 Å². The summed E-state index contributed by atoms with van der Waals surface area (Å²) in [4.78, 5) is 0. The first-order valence-electron chi connectivity index (χ1n) is 4.34. The molecule has 0 nitrogen and oxygen atoms in total. The maximum Gasteiger partial charge on any atom is 0.0233 e. The lowest BCUT2D eigenvalue weighted by Crippen LogP contribution is -1.93. The van der Waals surface area contributed by atoms with E-state index in [0.29, 0.717) is 5.92 Å². The van der Waals surface area contributed by atoms with Crippen LogP contribution in [0.4, 0.5) is 0 Å². The summed E-state index contributed by atoms with van der Waals surface area (Å²) in [7, 11) is 0. The molecule has 0 spiro atoms. The predicted octanol–water partition coefficient (Wildman–Crippen LogP) is 2.69. The molecular weight excluding hydrogens is 84.1 g/mol. The van der Waals surface area contributed by atoms with Crippen LogP contribution in [0.5, 0.6) is 0 Å². The van der Waals surface area contributed by atoms with E-state index in [1.54, 1.807) is 6.92 Å². The fourth-order valence-corrected chi connectivity index (χ4v) is 0.707. The summed E-state index contributed by atoms with van der Waals surface area (Å²) in [5.41, 5.74) is 0. The fraction of sp³-hybridized carbons (Fsp3) is 1.00. The van der Waals surface area contributed by atoms with Gasteiger partial charge in [0.1, 0.15) is 0 Å². The minimum absolute atomic E-state index is 0.160. The summed E-state index contributed by atoms with van der Waals surface area (Å²) in [5, 5.41) is 0. The van der Waals surface area contributed by atoms with Crippen LogP contribution in [0.1, 0.15) is 38.2 Å². The van der Waals surface area contributed by atoms with Gasteiger partial charge < -0.3 is 0 Å². The van der Waals surface area contributed by atoms with Crippen LogP contribution in [0.15, 0.2) is 0 Å². The van der Waals surface area contributed by atoms with Gasteiger partial charge in [0.25, 0.3) is 0 Å². The maximum absolute atomic E-state index is 7.06. The molecule has 0 aromatic rings. The lowest BCUT2D eigenvalue weighted by Gasteiger charge is -2.05. The third-order valence-electron chi connectivity index (χ3n) is 0.825. The van der Waals surface area contributed by atoms with Gasteiger partial charge in [-0.1, -0.05) is 27.6 Å². The molecule has 0 aliphatic rings. The Kier molecular flexibility index (Phi) is 1.36. The third kappa shape index (κ3) is 6.00. The third-order valence-corrected chi connectivity index (χ3v) is 0.825. The smallest absolute Gasteiger partial charge is 0.0233 e. The molecule has 0 saturated heterocycles. The minimum atomic E-state index is -1.76. The van der Waals surface area contributed by atoms with Crippen molar-refractivity contribution < 1.29 is 4.11 Å². The first-order valence-corrected chi connectivity index (χ1v) is 2.84. The summed E-state index contributed by atoms with van der Waals surface area (Å²) < 4.78 is 21.2. The second kappa shape index (κ2) is 3.06. The molecule has 0 rings (SSSR count). The van der Waals surface area contributed by atoms with Crippen molar-refractivity contribution in [2.45, 2.75) is 34.0 Å². The molecule has 1 atom stereocenters. The largest absolute Gasteiger partial charge is 0.0628 e. The van der Waals surface area contributed by atoms with Crippen LogP contribution in [-0.4, -0.2) is 0 Å². The molecule has 0 amide bonds. The zero-order valence-electron chi connectivity index (χ0n) is 8.36. The Morgan fingerprint density at radius 2 is 1.86 bits per heavy atom. The van der Waals surface area contributed by atoms with E-state index in [0.717, 1.165) is 6.42 Å². The van der Waals surface area contributed by atoms with Crippen LogP contribution in [0.2, 0.25) is 0 Å². The molecule has 0 fully saturated rings. The quantitative estimate of drug-likeness (QED) is 0.504. The summed E-state index contributed by atoms with van der Waals surface area (Å²) >= 11 is 0. The van der Waals surface area contributed by atoms with E-state index >= 15 is 0 Å². The molecule has 0 aliphatic carbocycles. The summed E-state index contributed by atoms with van der Waals surface area (Å²) in [6, 6.07) is 0. The Labute approximate surface area is 51.1 Å². The molecule has 0 heteroatoms. The summed E-state index contributed by atoms with van der Waals surface area (Å²) in [6.07, 6.45) is 0.788. The van der Waals surface area contributed by atoms with Crippen molar-refractivity contribution >= 4 is 0 Å². The van der Waals surface area contributed by atoms with Gasteiger partial charge in [0.05, 0.1) is 0 Å².